The van der Waals surface area contributed by atoms with Crippen molar-refractivity contribution in [3.8, 4) is 0 Å². The van der Waals surface area contributed by atoms with Gasteiger partial charge in [0.25, 0.3) is 0 Å². The molecule has 4 amide bonds. The Morgan fingerprint density at radius 1 is 0.969 bits per heavy atom. The van der Waals surface area contributed by atoms with Gasteiger partial charge in [-0.3, -0.25) is 9.59 Å². The number of rotatable bonds is 13. The Labute approximate surface area is 193 Å². The molecule has 0 aliphatic heterocycles. The summed E-state index contributed by atoms with van der Waals surface area (Å²) in [5.41, 5.74) is 2.24. The van der Waals surface area contributed by atoms with Crippen LogP contribution >= 0.6 is 0 Å². The summed E-state index contributed by atoms with van der Waals surface area (Å²) >= 11 is 0. The summed E-state index contributed by atoms with van der Waals surface area (Å²) in [7, 11) is -1.15. The Hall–Kier alpha value is -2.61. The fourth-order valence-corrected chi connectivity index (χ4v) is 4.25. The van der Waals surface area contributed by atoms with Gasteiger partial charge in [-0.05, 0) is 51.7 Å². The van der Waals surface area contributed by atoms with Crippen LogP contribution in [0.4, 0.5) is 10.5 Å². The van der Waals surface area contributed by atoms with Crippen molar-refractivity contribution in [3.63, 3.8) is 0 Å². The van der Waals surface area contributed by atoms with Crippen molar-refractivity contribution >= 4 is 31.6 Å². The van der Waals surface area contributed by atoms with E-state index in [1.807, 2.05) is 31.2 Å². The van der Waals surface area contributed by atoms with Crippen molar-refractivity contribution in [1.82, 2.24) is 16.0 Å². The zero-order valence-corrected chi connectivity index (χ0v) is 21.3. The summed E-state index contributed by atoms with van der Waals surface area (Å²) < 4.78 is 0. The molecule has 1 aromatic carbocycles. The van der Waals surface area contributed by atoms with Gasteiger partial charge in [0.15, 0.2) is 0 Å². The number of nitrogens with one attached hydrogen (secondary N) is 4. The summed E-state index contributed by atoms with van der Waals surface area (Å²) in [5.74, 6) is -0.345. The van der Waals surface area contributed by atoms with Gasteiger partial charge in [-0.2, -0.15) is 0 Å². The number of hydrogen-bond donors (Lipinski definition) is 4. The maximum absolute atomic E-state index is 12.7. The summed E-state index contributed by atoms with van der Waals surface area (Å²) in [4.78, 5) is 36.8. The number of aryl methyl sites for hydroxylation is 1. The minimum Gasteiger partial charge on any atom is -0.354 e. The molecule has 0 saturated carbocycles. The molecule has 0 bridgehead atoms. The average molecular weight is 461 g/mol. The molecule has 0 fully saturated rings. The predicted molar refractivity (Wildman–Crippen MR) is 135 cm³/mol. The third-order valence-electron chi connectivity index (χ3n) is 4.93. The zero-order valence-electron chi connectivity index (χ0n) is 20.3. The van der Waals surface area contributed by atoms with E-state index < -0.39 is 20.1 Å². The fourth-order valence-electron chi connectivity index (χ4n) is 3.01. The Morgan fingerprint density at radius 3 is 2.19 bits per heavy atom. The number of benzene rings is 1. The fraction of sp³-hybridized carbons (Fsp3) is 0.542. The number of hydrogen-bond acceptors (Lipinski definition) is 3. The molecule has 1 unspecified atom stereocenters. The van der Waals surface area contributed by atoms with Gasteiger partial charge in [-0.1, -0.05) is 50.0 Å². The first-order chi connectivity index (χ1) is 15.0. The molecule has 1 atom stereocenters. The number of anilines is 1. The maximum atomic E-state index is 12.7. The molecule has 32 heavy (non-hydrogen) atoms. The molecule has 0 heterocycles. The molecule has 1 rings (SSSR count). The molecule has 0 saturated heterocycles. The number of amides is 4. The maximum Gasteiger partial charge on any atom is 0.319 e. The van der Waals surface area contributed by atoms with Crippen LogP contribution in [-0.4, -0.2) is 45.1 Å². The van der Waals surface area contributed by atoms with Crippen molar-refractivity contribution in [2.24, 2.45) is 0 Å². The normalized spacial score (nSPS) is 11.9. The summed E-state index contributed by atoms with van der Waals surface area (Å²) in [6, 6.07) is 7.57. The van der Waals surface area contributed by atoms with E-state index >= 15 is 0 Å². The van der Waals surface area contributed by atoms with Gasteiger partial charge >= 0.3 is 6.03 Å². The first-order valence-corrected chi connectivity index (χ1v) is 15.0. The SMILES string of the molecule is C=C(C)C(=O)NCCCCC(NC(=O)Nc1ccc(C)cc1)C(=O)NCCC[Si](C)(C)C. The quantitative estimate of drug-likeness (QED) is 0.202. The van der Waals surface area contributed by atoms with Crippen LogP contribution in [-0.2, 0) is 9.59 Å². The molecule has 0 aliphatic carbocycles. The first-order valence-electron chi connectivity index (χ1n) is 11.3. The molecule has 0 spiro atoms. The minimum absolute atomic E-state index is 0.169. The molecule has 1 aromatic rings. The van der Waals surface area contributed by atoms with Crippen molar-refractivity contribution < 1.29 is 14.4 Å². The Morgan fingerprint density at radius 2 is 1.59 bits per heavy atom. The van der Waals surface area contributed by atoms with E-state index in [-0.39, 0.29) is 11.8 Å². The van der Waals surface area contributed by atoms with Gasteiger partial charge in [-0.15, -0.1) is 0 Å². The molecule has 178 valence electrons. The summed E-state index contributed by atoms with van der Waals surface area (Å²) in [6.07, 6.45) is 2.83. The molecule has 0 aliphatic rings. The lowest BCUT2D eigenvalue weighted by molar-refractivity contribution is -0.123. The minimum atomic E-state index is -1.15. The molecule has 0 aromatic heterocycles. The van der Waals surface area contributed by atoms with Crippen molar-refractivity contribution in [2.75, 3.05) is 18.4 Å². The van der Waals surface area contributed by atoms with E-state index in [9.17, 15) is 14.4 Å². The largest absolute Gasteiger partial charge is 0.354 e. The van der Waals surface area contributed by atoms with E-state index in [4.69, 9.17) is 0 Å². The summed E-state index contributed by atoms with van der Waals surface area (Å²) in [6.45, 7) is 15.3. The third kappa shape index (κ3) is 12.3. The molecule has 7 nitrogen and oxygen atoms in total. The van der Waals surface area contributed by atoms with Gasteiger partial charge < -0.3 is 21.3 Å². The topological polar surface area (TPSA) is 99.3 Å². The predicted octanol–water partition coefficient (Wildman–Crippen LogP) is 4.19. The van der Waals surface area contributed by atoms with Crippen LogP contribution in [0.1, 0.15) is 38.2 Å². The van der Waals surface area contributed by atoms with E-state index in [1.165, 1.54) is 0 Å². The number of carbonyl (C=O) groups is 3. The third-order valence-corrected chi connectivity index (χ3v) is 6.78. The van der Waals surface area contributed by atoms with Gasteiger partial charge in [-0.25, -0.2) is 4.79 Å². The monoisotopic (exact) mass is 460 g/mol. The van der Waals surface area contributed by atoms with Crippen LogP contribution in [0.2, 0.25) is 25.7 Å². The molecule has 8 heteroatoms. The van der Waals surface area contributed by atoms with E-state index in [2.05, 4.69) is 47.5 Å². The van der Waals surface area contributed by atoms with Crippen LogP contribution in [0.15, 0.2) is 36.4 Å². The lowest BCUT2D eigenvalue weighted by Crippen LogP contribution is -2.48. The second-order valence-electron chi connectivity index (χ2n) is 9.50. The van der Waals surface area contributed by atoms with Crippen molar-refractivity contribution in [3.05, 3.63) is 42.0 Å². The number of urea groups is 1. The van der Waals surface area contributed by atoms with Crippen LogP contribution in [0, 0.1) is 6.92 Å². The molecule has 4 N–H and O–H groups in total. The lowest BCUT2D eigenvalue weighted by Gasteiger charge is -2.20. The van der Waals surface area contributed by atoms with Crippen LogP contribution < -0.4 is 21.3 Å². The van der Waals surface area contributed by atoms with Gasteiger partial charge in [0.2, 0.25) is 11.8 Å². The second-order valence-corrected chi connectivity index (χ2v) is 15.1. The van der Waals surface area contributed by atoms with Crippen LogP contribution in [0.3, 0.4) is 0 Å². The van der Waals surface area contributed by atoms with Gasteiger partial charge in [0, 0.05) is 32.4 Å². The smallest absolute Gasteiger partial charge is 0.319 e. The second kappa shape index (κ2) is 13.7. The highest BCUT2D eigenvalue weighted by Crippen LogP contribution is 2.11. The Bertz CT molecular complexity index is 772. The molecular weight excluding hydrogens is 420 g/mol. The highest BCUT2D eigenvalue weighted by atomic mass is 28.3. The van der Waals surface area contributed by atoms with Gasteiger partial charge in [0.1, 0.15) is 6.04 Å². The van der Waals surface area contributed by atoms with Crippen LogP contribution in [0.5, 0.6) is 0 Å². The van der Waals surface area contributed by atoms with E-state index in [0.29, 0.717) is 43.6 Å². The van der Waals surface area contributed by atoms with Crippen molar-refractivity contribution in [1.29, 1.82) is 0 Å². The average Bonchev–Trinajstić information content (AvgIpc) is 2.70. The van der Waals surface area contributed by atoms with Gasteiger partial charge in [0.05, 0.1) is 0 Å². The summed E-state index contributed by atoms with van der Waals surface area (Å²) in [5, 5.41) is 11.3. The highest BCUT2D eigenvalue weighted by Gasteiger charge is 2.21. The van der Waals surface area contributed by atoms with E-state index in [1.54, 1.807) is 6.92 Å². The van der Waals surface area contributed by atoms with Crippen LogP contribution in [0.25, 0.3) is 0 Å². The highest BCUT2D eigenvalue weighted by molar-refractivity contribution is 6.76. The zero-order chi connectivity index (χ0) is 24.1. The van der Waals surface area contributed by atoms with Crippen molar-refractivity contribution in [2.45, 2.75) is 71.3 Å². The Balaban J connectivity index is 2.58. The number of carbonyl (C=O) groups excluding carboxylic acids is 3. The number of unbranched alkanes of at least 4 members (excludes halogenated alkanes) is 1. The Kier molecular flexibility index (Phi) is 11.8. The molecule has 0 radical (unpaired) electrons. The van der Waals surface area contributed by atoms with E-state index in [0.717, 1.165) is 18.0 Å². The first kappa shape index (κ1) is 27.4. The molecular formula is C24H40N4O3Si. The standard InChI is InChI=1S/C24H40N4O3Si/c1-18(2)22(29)25-15-8-7-10-21(23(30)26-16-9-17-32(4,5)6)28-24(31)27-20-13-11-19(3)12-14-20/h11-14,21H,1,7-10,15-17H2,2-6H3,(H,25,29)(H,26,30)(H2,27,28,31). The lowest BCUT2D eigenvalue weighted by atomic mass is 10.1.